The van der Waals surface area contributed by atoms with Gasteiger partial charge in [-0.25, -0.2) is 0 Å². The number of benzene rings is 2. The van der Waals surface area contributed by atoms with Gasteiger partial charge in [-0.15, -0.1) is 0 Å². The molecule has 0 amide bonds. The molecule has 3 aromatic rings. The molecule has 25 heavy (non-hydrogen) atoms. The maximum Gasteiger partial charge on any atom is 0.233 e. The van der Waals surface area contributed by atoms with Crippen molar-refractivity contribution in [3.63, 3.8) is 0 Å². The number of fused-ring (bicyclic) bond motifs is 1. The van der Waals surface area contributed by atoms with E-state index in [9.17, 15) is 0 Å². The second kappa shape index (κ2) is 7.07. The van der Waals surface area contributed by atoms with Crippen molar-refractivity contribution in [3.05, 3.63) is 60.4 Å². The molecule has 128 valence electrons. The van der Waals surface area contributed by atoms with Crippen LogP contribution in [0.25, 0.3) is 10.8 Å². The zero-order valence-electron chi connectivity index (χ0n) is 14.4. The zero-order valence-corrected chi connectivity index (χ0v) is 14.4. The highest BCUT2D eigenvalue weighted by atomic mass is 16.5. The first-order chi connectivity index (χ1) is 12.3. The van der Waals surface area contributed by atoms with E-state index in [4.69, 9.17) is 4.74 Å². The van der Waals surface area contributed by atoms with Crippen molar-refractivity contribution in [2.24, 2.45) is 0 Å². The van der Waals surface area contributed by atoms with Gasteiger partial charge < -0.3 is 9.64 Å². The summed E-state index contributed by atoms with van der Waals surface area (Å²) in [4.78, 5) is 13.5. The predicted octanol–water partition coefficient (Wildman–Crippen LogP) is 2.96. The molecule has 2 aromatic carbocycles. The largest absolute Gasteiger partial charge is 0.480 e. The molecule has 1 aliphatic rings. The Morgan fingerprint density at radius 3 is 2.60 bits per heavy atom. The summed E-state index contributed by atoms with van der Waals surface area (Å²) in [6.45, 7) is 4.92. The Labute approximate surface area is 147 Å². The number of ether oxygens (including phenoxy) is 1. The summed E-state index contributed by atoms with van der Waals surface area (Å²) in [7, 11) is 1.62. The number of aromatic nitrogens is 2. The molecule has 0 unspecified atom stereocenters. The molecule has 0 radical (unpaired) electrons. The van der Waals surface area contributed by atoms with E-state index in [-0.39, 0.29) is 0 Å². The summed E-state index contributed by atoms with van der Waals surface area (Å²) in [6, 6.07) is 15.2. The molecule has 5 heteroatoms. The minimum atomic E-state index is 0.565. The lowest BCUT2D eigenvalue weighted by Crippen LogP contribution is -2.46. The van der Waals surface area contributed by atoms with Gasteiger partial charge in [0, 0.05) is 32.7 Å². The van der Waals surface area contributed by atoms with Gasteiger partial charge in [0.1, 0.15) is 0 Å². The first-order valence-electron chi connectivity index (χ1n) is 8.63. The van der Waals surface area contributed by atoms with Gasteiger partial charge in [0.2, 0.25) is 5.88 Å². The van der Waals surface area contributed by atoms with Crippen molar-refractivity contribution < 1.29 is 4.74 Å². The van der Waals surface area contributed by atoms with Crippen LogP contribution in [-0.2, 0) is 6.54 Å². The Morgan fingerprint density at radius 1 is 0.960 bits per heavy atom. The second-order valence-corrected chi connectivity index (χ2v) is 6.32. The highest BCUT2D eigenvalue weighted by molar-refractivity contribution is 5.85. The van der Waals surface area contributed by atoms with Gasteiger partial charge in [0.25, 0.3) is 0 Å². The molecule has 1 saturated heterocycles. The molecule has 0 atom stereocenters. The molecule has 5 nitrogen and oxygen atoms in total. The Hall–Kier alpha value is -2.66. The van der Waals surface area contributed by atoms with Crippen LogP contribution in [-0.4, -0.2) is 48.2 Å². The fourth-order valence-electron chi connectivity index (χ4n) is 3.40. The maximum atomic E-state index is 5.18. The van der Waals surface area contributed by atoms with E-state index in [1.165, 1.54) is 16.3 Å². The molecule has 1 aliphatic heterocycles. The fourth-order valence-corrected chi connectivity index (χ4v) is 3.40. The van der Waals surface area contributed by atoms with E-state index in [0.717, 1.165) is 38.5 Å². The number of methoxy groups -OCH3 is 1. The third-order valence-corrected chi connectivity index (χ3v) is 4.78. The van der Waals surface area contributed by atoms with Crippen LogP contribution in [0.5, 0.6) is 5.88 Å². The van der Waals surface area contributed by atoms with Crippen molar-refractivity contribution in [3.8, 4) is 5.88 Å². The predicted molar refractivity (Wildman–Crippen MR) is 100 cm³/mol. The lowest BCUT2D eigenvalue weighted by atomic mass is 10.0. The Balaban J connectivity index is 1.43. The van der Waals surface area contributed by atoms with Gasteiger partial charge in [0.05, 0.1) is 19.5 Å². The highest BCUT2D eigenvalue weighted by Gasteiger charge is 2.19. The van der Waals surface area contributed by atoms with Crippen LogP contribution < -0.4 is 9.64 Å². The summed E-state index contributed by atoms with van der Waals surface area (Å²) in [5.74, 6) is 1.46. The van der Waals surface area contributed by atoms with Gasteiger partial charge in [-0.1, -0.05) is 42.5 Å². The quantitative estimate of drug-likeness (QED) is 0.734. The highest BCUT2D eigenvalue weighted by Crippen LogP contribution is 2.21. The Kier molecular flexibility index (Phi) is 4.48. The average molecular weight is 334 g/mol. The lowest BCUT2D eigenvalue weighted by molar-refractivity contribution is 0.250. The number of hydrogen-bond donors (Lipinski definition) is 0. The summed E-state index contributed by atoms with van der Waals surface area (Å²) >= 11 is 0. The van der Waals surface area contributed by atoms with Gasteiger partial charge in [0.15, 0.2) is 5.82 Å². The first kappa shape index (κ1) is 15.8. The zero-order chi connectivity index (χ0) is 17.1. The minimum Gasteiger partial charge on any atom is -0.480 e. The number of rotatable bonds is 4. The van der Waals surface area contributed by atoms with Crippen LogP contribution in [0, 0.1) is 0 Å². The SMILES string of the molecule is COc1cncc(N2CCN(Cc3cccc4ccccc34)CC2)n1. The van der Waals surface area contributed by atoms with E-state index in [1.54, 1.807) is 13.3 Å². The van der Waals surface area contributed by atoms with Crippen molar-refractivity contribution in [2.45, 2.75) is 6.54 Å². The van der Waals surface area contributed by atoms with Crippen molar-refractivity contribution in [1.29, 1.82) is 0 Å². The summed E-state index contributed by atoms with van der Waals surface area (Å²) < 4.78 is 5.18. The van der Waals surface area contributed by atoms with E-state index in [0.29, 0.717) is 5.88 Å². The summed E-state index contributed by atoms with van der Waals surface area (Å²) in [6.07, 6.45) is 3.45. The van der Waals surface area contributed by atoms with Gasteiger partial charge in [-0.05, 0) is 16.3 Å². The number of nitrogens with zero attached hydrogens (tertiary/aromatic N) is 4. The van der Waals surface area contributed by atoms with Crippen LogP contribution >= 0.6 is 0 Å². The van der Waals surface area contributed by atoms with E-state index in [1.807, 2.05) is 6.20 Å². The third-order valence-electron chi connectivity index (χ3n) is 4.78. The van der Waals surface area contributed by atoms with E-state index < -0.39 is 0 Å². The standard InChI is InChI=1S/C20H22N4O/c1-25-20-14-21-13-19(22-20)24-11-9-23(10-12-24)15-17-7-4-6-16-5-2-3-8-18(16)17/h2-8,13-14H,9-12,15H2,1H3. The van der Waals surface area contributed by atoms with E-state index >= 15 is 0 Å². The topological polar surface area (TPSA) is 41.5 Å². The molecule has 4 rings (SSSR count). The summed E-state index contributed by atoms with van der Waals surface area (Å²) in [5.41, 5.74) is 1.40. The molecule has 0 N–H and O–H groups in total. The molecule has 0 saturated carbocycles. The molecular weight excluding hydrogens is 312 g/mol. The van der Waals surface area contributed by atoms with Crippen LogP contribution in [0.1, 0.15) is 5.56 Å². The first-order valence-corrected chi connectivity index (χ1v) is 8.63. The fraction of sp³-hybridized carbons (Fsp3) is 0.300. The van der Waals surface area contributed by atoms with Crippen molar-refractivity contribution >= 4 is 16.6 Å². The molecule has 2 heterocycles. The number of piperazine rings is 1. The number of anilines is 1. The molecule has 0 spiro atoms. The Morgan fingerprint density at radius 2 is 1.76 bits per heavy atom. The molecule has 0 bridgehead atoms. The maximum absolute atomic E-state index is 5.18. The molecule has 0 aliphatic carbocycles. The minimum absolute atomic E-state index is 0.565. The van der Waals surface area contributed by atoms with Crippen molar-refractivity contribution in [2.75, 3.05) is 38.2 Å². The summed E-state index contributed by atoms with van der Waals surface area (Å²) in [5, 5.41) is 2.66. The molecule has 1 fully saturated rings. The van der Waals surface area contributed by atoms with Crippen LogP contribution in [0.2, 0.25) is 0 Å². The normalized spacial score (nSPS) is 15.5. The number of hydrogen-bond acceptors (Lipinski definition) is 5. The third kappa shape index (κ3) is 3.42. The molecular formula is C20H22N4O. The second-order valence-electron chi connectivity index (χ2n) is 6.32. The van der Waals surface area contributed by atoms with Gasteiger partial charge in [-0.3, -0.25) is 9.88 Å². The smallest absolute Gasteiger partial charge is 0.233 e. The van der Waals surface area contributed by atoms with Crippen molar-refractivity contribution in [1.82, 2.24) is 14.9 Å². The van der Waals surface area contributed by atoms with Gasteiger partial charge in [-0.2, -0.15) is 4.98 Å². The van der Waals surface area contributed by atoms with Crippen LogP contribution in [0.15, 0.2) is 54.9 Å². The lowest BCUT2D eigenvalue weighted by Gasteiger charge is -2.35. The Bertz CT molecular complexity index is 854. The molecule has 1 aromatic heterocycles. The van der Waals surface area contributed by atoms with Gasteiger partial charge >= 0.3 is 0 Å². The monoisotopic (exact) mass is 334 g/mol. The van der Waals surface area contributed by atoms with E-state index in [2.05, 4.69) is 62.2 Å². The van der Waals surface area contributed by atoms with Crippen LogP contribution in [0.3, 0.4) is 0 Å². The van der Waals surface area contributed by atoms with Crippen LogP contribution in [0.4, 0.5) is 5.82 Å². The average Bonchev–Trinajstić information content (AvgIpc) is 2.69.